The van der Waals surface area contributed by atoms with Crippen molar-refractivity contribution >= 4 is 5.78 Å². The molecule has 1 aliphatic carbocycles. The zero-order valence-corrected chi connectivity index (χ0v) is 26.1. The average Bonchev–Trinajstić information content (AvgIpc) is 2.97. The Hall–Kier alpha value is -3.27. The number of nitrogens with two attached hydrogens (primary N) is 1. The van der Waals surface area contributed by atoms with Crippen molar-refractivity contribution in [3.63, 3.8) is 0 Å². The van der Waals surface area contributed by atoms with Gasteiger partial charge >= 0.3 is 0 Å². The number of carbonyl (C=O) groups excluding carboxylic acids is 1. The lowest BCUT2D eigenvalue weighted by atomic mass is 9.98. The molecule has 3 aromatic rings. The van der Waals surface area contributed by atoms with E-state index < -0.39 is 0 Å². The van der Waals surface area contributed by atoms with Crippen molar-refractivity contribution in [3.05, 3.63) is 131 Å². The Bertz CT molecular complexity index is 1000. The second-order valence-corrected chi connectivity index (χ2v) is 9.43. The summed E-state index contributed by atoms with van der Waals surface area (Å²) in [5, 5.41) is 0. The van der Waals surface area contributed by atoms with E-state index in [9.17, 15) is 4.79 Å². The first-order valence-electron chi connectivity index (χ1n) is 14.8. The Morgan fingerprint density at radius 3 is 1.56 bits per heavy atom. The number of hydrogen-bond donors (Lipinski definition) is 1. The van der Waals surface area contributed by atoms with Crippen LogP contribution in [0.4, 0.5) is 0 Å². The van der Waals surface area contributed by atoms with Gasteiger partial charge in [0.05, 0.1) is 0 Å². The maximum atomic E-state index is 10.8. The molecule has 0 aromatic heterocycles. The Labute approximate surface area is 253 Å². The number of rotatable bonds is 8. The molecule has 3 aromatic carbocycles. The zero-order chi connectivity index (χ0) is 30.0. The number of nitrogens with zero attached hydrogens (tertiary/aromatic N) is 1. The van der Waals surface area contributed by atoms with E-state index in [1.165, 1.54) is 22.3 Å². The van der Waals surface area contributed by atoms with Gasteiger partial charge in [0.1, 0.15) is 5.78 Å². The van der Waals surface area contributed by atoms with Crippen LogP contribution in [0.5, 0.6) is 0 Å². The Morgan fingerprint density at radius 1 is 0.780 bits per heavy atom. The number of hydrogen-bond acceptors (Lipinski definition) is 3. The van der Waals surface area contributed by atoms with Gasteiger partial charge in [-0.1, -0.05) is 155 Å². The van der Waals surface area contributed by atoms with Crippen LogP contribution in [0.15, 0.2) is 115 Å². The monoisotopic (exact) mass is 558 g/mol. The van der Waals surface area contributed by atoms with Crippen LogP contribution in [0, 0.1) is 6.92 Å². The van der Waals surface area contributed by atoms with Crippen molar-refractivity contribution in [2.75, 3.05) is 7.05 Å². The predicted molar refractivity (Wildman–Crippen MR) is 183 cm³/mol. The van der Waals surface area contributed by atoms with Gasteiger partial charge in [-0.25, -0.2) is 0 Å². The molecular weight excluding hydrogens is 500 g/mol. The van der Waals surface area contributed by atoms with Gasteiger partial charge in [-0.05, 0) is 51.3 Å². The molecule has 0 heterocycles. The highest BCUT2D eigenvalue weighted by Crippen LogP contribution is 2.15. The number of aryl methyl sites for hydroxylation is 1. The largest absolute Gasteiger partial charge is 0.327 e. The van der Waals surface area contributed by atoms with Crippen molar-refractivity contribution in [1.82, 2.24) is 4.90 Å². The fourth-order valence-electron chi connectivity index (χ4n) is 3.94. The second kappa shape index (κ2) is 26.9. The molecule has 4 rings (SSSR count). The molecule has 0 saturated heterocycles. The van der Waals surface area contributed by atoms with E-state index in [2.05, 4.69) is 110 Å². The fourth-order valence-corrected chi connectivity index (χ4v) is 3.94. The van der Waals surface area contributed by atoms with Crippen LogP contribution in [-0.4, -0.2) is 23.8 Å². The molecule has 0 bridgehead atoms. The first-order valence-corrected chi connectivity index (χ1v) is 14.8. The minimum atomic E-state index is -0.00787. The molecule has 0 fully saturated rings. The normalized spacial score (nSPS) is 11.7. The zero-order valence-electron chi connectivity index (χ0n) is 26.1. The molecule has 1 unspecified atom stereocenters. The number of allylic oxidation sites excluding steroid dienone is 3. The molecule has 0 saturated carbocycles. The van der Waals surface area contributed by atoms with Crippen molar-refractivity contribution < 1.29 is 4.79 Å². The van der Waals surface area contributed by atoms with E-state index in [0.717, 1.165) is 32.4 Å². The number of ketones is 1. The maximum absolute atomic E-state index is 10.8. The van der Waals surface area contributed by atoms with Gasteiger partial charge in [-0.15, -0.1) is 0 Å². The molecule has 0 aliphatic heterocycles. The third-order valence-electron chi connectivity index (χ3n) is 5.65. The SMILES string of the molecule is C.CC.CC.CC(=O)CC(N)CC1=CCCC=C1.CN(Cc1ccccc1)Cc1ccccc1.Cc1ccccc1. The lowest BCUT2D eigenvalue weighted by Gasteiger charge is -2.16. The summed E-state index contributed by atoms with van der Waals surface area (Å²) in [5.74, 6) is 0.174. The van der Waals surface area contributed by atoms with Crippen molar-refractivity contribution in [2.45, 2.75) is 93.8 Å². The highest BCUT2D eigenvalue weighted by Gasteiger charge is 2.08. The predicted octanol–water partition coefficient (Wildman–Crippen LogP) is 9.96. The van der Waals surface area contributed by atoms with E-state index in [-0.39, 0.29) is 19.3 Å². The van der Waals surface area contributed by atoms with E-state index >= 15 is 0 Å². The van der Waals surface area contributed by atoms with Crippen molar-refractivity contribution in [3.8, 4) is 0 Å². The van der Waals surface area contributed by atoms with E-state index in [0.29, 0.717) is 6.42 Å². The summed E-state index contributed by atoms with van der Waals surface area (Å²) in [5.41, 5.74) is 11.1. The minimum absolute atomic E-state index is 0. The molecule has 1 atom stereocenters. The number of Topliss-reactive ketones (excluding diaryl/α,β-unsaturated/α-hetero) is 1. The van der Waals surface area contributed by atoms with Crippen molar-refractivity contribution in [2.24, 2.45) is 5.73 Å². The van der Waals surface area contributed by atoms with Crippen LogP contribution < -0.4 is 5.73 Å². The highest BCUT2D eigenvalue weighted by atomic mass is 16.1. The first-order chi connectivity index (χ1) is 19.4. The van der Waals surface area contributed by atoms with Crippen LogP contribution in [0.2, 0.25) is 0 Å². The summed E-state index contributed by atoms with van der Waals surface area (Å²) in [6.45, 7) is 13.7. The maximum Gasteiger partial charge on any atom is 0.131 e. The Kier molecular flexibility index (Phi) is 26.2. The lowest BCUT2D eigenvalue weighted by molar-refractivity contribution is -0.117. The summed E-state index contributed by atoms with van der Waals surface area (Å²) in [6.07, 6.45) is 10.0. The van der Waals surface area contributed by atoms with Gasteiger partial charge in [-0.2, -0.15) is 0 Å². The highest BCUT2D eigenvalue weighted by molar-refractivity contribution is 5.76. The minimum Gasteiger partial charge on any atom is -0.327 e. The fraction of sp³-hybridized carbons (Fsp3) is 0.395. The van der Waals surface area contributed by atoms with E-state index in [1.807, 2.05) is 45.9 Å². The second-order valence-electron chi connectivity index (χ2n) is 9.43. The molecule has 0 amide bonds. The summed E-state index contributed by atoms with van der Waals surface area (Å²) in [4.78, 5) is 13.1. The van der Waals surface area contributed by atoms with Gasteiger partial charge in [0.25, 0.3) is 0 Å². The molecule has 1 aliphatic rings. The van der Waals surface area contributed by atoms with Gasteiger partial charge in [-0.3, -0.25) is 9.69 Å². The van der Waals surface area contributed by atoms with E-state index in [1.54, 1.807) is 6.92 Å². The topological polar surface area (TPSA) is 46.3 Å². The molecular formula is C38H58N2O. The summed E-state index contributed by atoms with van der Waals surface area (Å²) >= 11 is 0. The van der Waals surface area contributed by atoms with Crippen LogP contribution in [-0.2, 0) is 17.9 Å². The Balaban J connectivity index is 0. The molecule has 3 nitrogen and oxygen atoms in total. The Morgan fingerprint density at radius 2 is 1.22 bits per heavy atom. The van der Waals surface area contributed by atoms with Crippen LogP contribution in [0.1, 0.15) is 84.4 Å². The third-order valence-corrected chi connectivity index (χ3v) is 5.65. The number of carbonyl (C=O) groups is 1. The summed E-state index contributed by atoms with van der Waals surface area (Å²) in [6, 6.07) is 31.4. The smallest absolute Gasteiger partial charge is 0.131 e. The van der Waals surface area contributed by atoms with Crippen LogP contribution >= 0.6 is 0 Å². The third kappa shape index (κ3) is 22.1. The van der Waals surface area contributed by atoms with Crippen LogP contribution in [0.3, 0.4) is 0 Å². The summed E-state index contributed by atoms with van der Waals surface area (Å²) < 4.78 is 0. The van der Waals surface area contributed by atoms with Gasteiger partial charge < -0.3 is 5.73 Å². The quantitative estimate of drug-likeness (QED) is 0.299. The lowest BCUT2D eigenvalue weighted by Crippen LogP contribution is -2.23. The van der Waals surface area contributed by atoms with E-state index in [4.69, 9.17) is 5.73 Å². The van der Waals surface area contributed by atoms with Gasteiger partial charge in [0.15, 0.2) is 0 Å². The molecule has 0 radical (unpaired) electrons. The number of benzene rings is 3. The summed E-state index contributed by atoms with van der Waals surface area (Å²) in [7, 11) is 2.15. The standard InChI is InChI=1S/C15H17N.C11H17NO.C7H8.2C2H6.CH4/c1-16(12-14-8-4-2-5-9-14)13-15-10-6-3-7-11-15;1-9(13)7-11(12)8-10-5-3-2-4-6-10;1-7-5-3-2-4-6-7;2*1-2;/h2-11H,12-13H2,1H3;3,5-6,11H,2,4,7-8,12H2,1H3;2-6H,1H3;2*1-2H3;1H4. The molecule has 226 valence electrons. The molecule has 0 spiro atoms. The molecule has 3 heteroatoms. The average molecular weight is 559 g/mol. The van der Waals surface area contributed by atoms with Gasteiger partial charge in [0, 0.05) is 25.6 Å². The molecule has 41 heavy (non-hydrogen) atoms. The van der Waals surface area contributed by atoms with Gasteiger partial charge in [0.2, 0.25) is 0 Å². The molecule has 2 N–H and O–H groups in total. The first kappa shape index (κ1) is 39.9. The van der Waals surface area contributed by atoms with Crippen LogP contribution in [0.25, 0.3) is 0 Å². The van der Waals surface area contributed by atoms with Crippen molar-refractivity contribution in [1.29, 1.82) is 0 Å².